The molecule has 1 aliphatic carbocycles. The van der Waals surface area contributed by atoms with Crippen LogP contribution in [-0.4, -0.2) is 83.1 Å². The number of likely N-dealkylation sites (tertiary alicyclic amines) is 1. The Morgan fingerprint density at radius 2 is 1.94 bits per heavy atom. The van der Waals surface area contributed by atoms with Crippen LogP contribution in [0.4, 0.5) is 0 Å². The molecule has 1 aromatic carbocycles. The van der Waals surface area contributed by atoms with E-state index in [0.717, 1.165) is 56.6 Å². The summed E-state index contributed by atoms with van der Waals surface area (Å²) in [5.41, 5.74) is 1.48. The number of hydrogen-bond acceptors (Lipinski definition) is 7. The zero-order valence-corrected chi connectivity index (χ0v) is 19.5. The summed E-state index contributed by atoms with van der Waals surface area (Å²) in [5.74, 6) is -0.0612. The molecule has 3 unspecified atom stereocenters. The Labute approximate surface area is 199 Å². The number of nitrogens with one attached hydrogen (secondary N) is 2. The summed E-state index contributed by atoms with van der Waals surface area (Å²) in [6, 6.07) is 5.89. The highest BCUT2D eigenvalue weighted by molar-refractivity contribution is 6.05. The summed E-state index contributed by atoms with van der Waals surface area (Å²) in [6.45, 7) is 3.45. The number of benzene rings is 1. The van der Waals surface area contributed by atoms with E-state index in [4.69, 9.17) is 9.84 Å². The Morgan fingerprint density at radius 3 is 2.74 bits per heavy atom. The number of piperidine rings is 1. The predicted octanol–water partition coefficient (Wildman–Crippen LogP) is 0.794. The van der Waals surface area contributed by atoms with E-state index in [0.29, 0.717) is 30.6 Å². The molecule has 3 N–H and O–H groups in total. The molecule has 3 amide bonds. The predicted molar refractivity (Wildman–Crippen MR) is 124 cm³/mol. The molecule has 0 bridgehead atoms. The van der Waals surface area contributed by atoms with Gasteiger partial charge in [-0.25, -0.2) is 0 Å². The van der Waals surface area contributed by atoms with Crippen molar-refractivity contribution in [3.63, 3.8) is 0 Å². The number of imide groups is 1. The van der Waals surface area contributed by atoms with Gasteiger partial charge in [0, 0.05) is 50.3 Å². The zero-order valence-electron chi connectivity index (χ0n) is 19.5. The van der Waals surface area contributed by atoms with Crippen molar-refractivity contribution >= 4 is 17.7 Å². The SMILES string of the molecule is O=C1CCC(N2Cc3cc(OC4CCCCC4N4CC(NCCCO)C4)ccc3C2=O)C(=O)N1. The molecule has 5 rings (SSSR count). The highest BCUT2D eigenvalue weighted by Gasteiger charge is 2.40. The molecule has 3 aliphatic heterocycles. The maximum Gasteiger partial charge on any atom is 0.255 e. The third-order valence-electron chi connectivity index (χ3n) is 7.60. The summed E-state index contributed by atoms with van der Waals surface area (Å²) in [6.07, 6.45) is 6.03. The van der Waals surface area contributed by atoms with Crippen LogP contribution in [0.1, 0.15) is 60.9 Å². The number of nitrogens with zero attached hydrogens (tertiary/aromatic N) is 2. The molecule has 0 spiro atoms. The van der Waals surface area contributed by atoms with Gasteiger partial charge in [-0.1, -0.05) is 6.42 Å². The zero-order chi connectivity index (χ0) is 23.7. The molecule has 9 heteroatoms. The monoisotopic (exact) mass is 470 g/mol. The summed E-state index contributed by atoms with van der Waals surface area (Å²) in [7, 11) is 0. The molecule has 3 heterocycles. The lowest BCUT2D eigenvalue weighted by Crippen LogP contribution is -2.64. The molecule has 4 aliphatic rings. The second kappa shape index (κ2) is 10.0. The molecule has 0 radical (unpaired) electrons. The molecule has 0 aromatic heterocycles. The number of ether oxygens (including phenoxy) is 1. The van der Waals surface area contributed by atoms with Crippen molar-refractivity contribution in [1.29, 1.82) is 0 Å². The van der Waals surface area contributed by atoms with E-state index in [-0.39, 0.29) is 30.9 Å². The van der Waals surface area contributed by atoms with Crippen LogP contribution < -0.4 is 15.4 Å². The molecule has 3 atom stereocenters. The van der Waals surface area contributed by atoms with E-state index >= 15 is 0 Å². The van der Waals surface area contributed by atoms with Crippen molar-refractivity contribution in [2.45, 2.75) is 75.7 Å². The average Bonchev–Trinajstić information content (AvgIpc) is 3.11. The lowest BCUT2D eigenvalue weighted by molar-refractivity contribution is -0.136. The molecular formula is C25H34N4O5. The number of fused-ring (bicyclic) bond motifs is 1. The second-order valence-electron chi connectivity index (χ2n) is 9.91. The highest BCUT2D eigenvalue weighted by atomic mass is 16.5. The Hall–Kier alpha value is -2.49. The Bertz CT molecular complexity index is 947. The molecule has 184 valence electrons. The van der Waals surface area contributed by atoms with Gasteiger partial charge in [0.15, 0.2) is 0 Å². The maximum atomic E-state index is 12.9. The lowest BCUT2D eigenvalue weighted by atomic mass is 9.88. The average molecular weight is 471 g/mol. The second-order valence-corrected chi connectivity index (χ2v) is 9.91. The van der Waals surface area contributed by atoms with E-state index in [1.54, 1.807) is 4.90 Å². The van der Waals surface area contributed by atoms with Crippen LogP contribution in [0, 0.1) is 0 Å². The number of carbonyl (C=O) groups is 3. The van der Waals surface area contributed by atoms with Gasteiger partial charge < -0.3 is 20.1 Å². The smallest absolute Gasteiger partial charge is 0.255 e. The number of aliphatic hydroxyl groups is 1. The summed E-state index contributed by atoms with van der Waals surface area (Å²) in [4.78, 5) is 40.8. The van der Waals surface area contributed by atoms with Crippen molar-refractivity contribution in [1.82, 2.24) is 20.4 Å². The quantitative estimate of drug-likeness (QED) is 0.381. The molecule has 1 saturated carbocycles. The molecule has 34 heavy (non-hydrogen) atoms. The minimum atomic E-state index is -0.602. The Kier molecular flexibility index (Phi) is 6.85. The first-order valence-corrected chi connectivity index (χ1v) is 12.6. The van der Waals surface area contributed by atoms with Crippen LogP contribution in [-0.2, 0) is 16.1 Å². The van der Waals surface area contributed by atoms with Crippen molar-refractivity contribution in [2.75, 3.05) is 26.2 Å². The minimum absolute atomic E-state index is 0.119. The maximum absolute atomic E-state index is 12.9. The summed E-state index contributed by atoms with van der Waals surface area (Å²) in [5, 5.41) is 14.8. The number of aliphatic hydroxyl groups excluding tert-OH is 1. The minimum Gasteiger partial charge on any atom is -0.489 e. The summed E-state index contributed by atoms with van der Waals surface area (Å²) >= 11 is 0. The van der Waals surface area contributed by atoms with Gasteiger partial charge in [-0.3, -0.25) is 24.6 Å². The first kappa shape index (κ1) is 23.3. The van der Waals surface area contributed by atoms with Crippen molar-refractivity contribution in [3.8, 4) is 5.75 Å². The summed E-state index contributed by atoms with van der Waals surface area (Å²) < 4.78 is 6.49. The third kappa shape index (κ3) is 4.69. The van der Waals surface area contributed by atoms with Crippen molar-refractivity contribution in [2.24, 2.45) is 0 Å². The Morgan fingerprint density at radius 1 is 1.12 bits per heavy atom. The fourth-order valence-electron chi connectivity index (χ4n) is 5.73. The number of rotatable bonds is 8. The molecule has 1 aromatic rings. The van der Waals surface area contributed by atoms with Crippen LogP contribution >= 0.6 is 0 Å². The normalized spacial score (nSPS) is 28.0. The van der Waals surface area contributed by atoms with E-state index in [1.165, 1.54) is 6.42 Å². The Balaban J connectivity index is 1.21. The van der Waals surface area contributed by atoms with Gasteiger partial charge in [0.1, 0.15) is 17.9 Å². The third-order valence-corrected chi connectivity index (χ3v) is 7.60. The lowest BCUT2D eigenvalue weighted by Gasteiger charge is -2.48. The molecule has 2 saturated heterocycles. The van der Waals surface area contributed by atoms with Crippen molar-refractivity contribution in [3.05, 3.63) is 29.3 Å². The largest absolute Gasteiger partial charge is 0.489 e. The van der Waals surface area contributed by atoms with Crippen molar-refractivity contribution < 1.29 is 24.2 Å². The molecule has 9 nitrogen and oxygen atoms in total. The van der Waals surface area contributed by atoms with Gasteiger partial charge in [0.25, 0.3) is 5.91 Å². The highest BCUT2D eigenvalue weighted by Crippen LogP contribution is 2.33. The fourth-order valence-corrected chi connectivity index (χ4v) is 5.73. The molecule has 3 fully saturated rings. The standard InChI is InChI=1S/C25H34N4O5/c30-11-3-10-26-17-14-28(15-17)20-4-1-2-5-22(20)34-18-6-7-19-16(12-18)13-29(25(19)33)21-8-9-23(31)27-24(21)32/h6-7,12,17,20-22,26,30H,1-5,8-11,13-15H2,(H,27,31,32). The van der Waals surface area contributed by atoms with Gasteiger partial charge in [0.2, 0.25) is 11.8 Å². The van der Waals surface area contributed by atoms with E-state index < -0.39 is 11.9 Å². The van der Waals surface area contributed by atoms with Crippen LogP contribution in [0.3, 0.4) is 0 Å². The van der Waals surface area contributed by atoms with E-state index in [2.05, 4.69) is 15.5 Å². The first-order chi connectivity index (χ1) is 16.5. The van der Waals surface area contributed by atoms with Gasteiger partial charge >= 0.3 is 0 Å². The number of carbonyl (C=O) groups excluding carboxylic acids is 3. The van der Waals surface area contributed by atoms with Crippen LogP contribution in [0.5, 0.6) is 5.75 Å². The first-order valence-electron chi connectivity index (χ1n) is 12.6. The topological polar surface area (TPSA) is 111 Å². The van der Waals surface area contributed by atoms with Crippen LogP contribution in [0.25, 0.3) is 0 Å². The van der Waals surface area contributed by atoms with E-state index in [9.17, 15) is 14.4 Å². The van der Waals surface area contributed by atoms with Gasteiger partial charge in [0.05, 0.1) is 0 Å². The van der Waals surface area contributed by atoms with Gasteiger partial charge in [-0.2, -0.15) is 0 Å². The molecular weight excluding hydrogens is 436 g/mol. The number of amides is 3. The van der Waals surface area contributed by atoms with Crippen LogP contribution in [0.15, 0.2) is 18.2 Å². The van der Waals surface area contributed by atoms with E-state index in [1.807, 2.05) is 18.2 Å². The number of hydrogen-bond donors (Lipinski definition) is 3. The van der Waals surface area contributed by atoms with Gasteiger partial charge in [-0.15, -0.1) is 0 Å². The fraction of sp³-hybridized carbons (Fsp3) is 0.640. The van der Waals surface area contributed by atoms with Gasteiger partial charge in [-0.05, 0) is 62.4 Å². The van der Waals surface area contributed by atoms with Crippen LogP contribution in [0.2, 0.25) is 0 Å².